The minimum Gasteiger partial charge on any atom is -0.334 e. The smallest absolute Gasteiger partial charge is 0.334 e. The summed E-state index contributed by atoms with van der Waals surface area (Å²) in [6.45, 7) is 0.222. The Balaban J connectivity index is 1.45. The van der Waals surface area contributed by atoms with Gasteiger partial charge in [-0.05, 0) is 42.3 Å². The summed E-state index contributed by atoms with van der Waals surface area (Å²) in [4.78, 5) is 32.4. The van der Waals surface area contributed by atoms with Gasteiger partial charge in [0.2, 0.25) is 5.82 Å². The summed E-state index contributed by atoms with van der Waals surface area (Å²) in [6.07, 6.45) is -3.98. The van der Waals surface area contributed by atoms with Crippen molar-refractivity contribution in [3.63, 3.8) is 0 Å². The van der Waals surface area contributed by atoms with E-state index in [1.807, 2.05) is 30.3 Å². The van der Waals surface area contributed by atoms with Crippen LogP contribution in [-0.2, 0) is 19.1 Å². The van der Waals surface area contributed by atoms with Gasteiger partial charge in [0.1, 0.15) is 0 Å². The zero-order valence-corrected chi connectivity index (χ0v) is 18.0. The van der Waals surface area contributed by atoms with Crippen LogP contribution in [0.3, 0.4) is 0 Å². The lowest BCUT2D eigenvalue weighted by molar-refractivity contribution is -0.137. The van der Waals surface area contributed by atoms with Gasteiger partial charge in [0, 0.05) is 17.7 Å². The molecule has 5 aromatic rings. The first-order valence-electron chi connectivity index (χ1n) is 10.6. The molecule has 7 nitrogen and oxygen atoms in total. The largest absolute Gasteiger partial charge is 0.416 e. The van der Waals surface area contributed by atoms with Crippen molar-refractivity contribution in [1.29, 1.82) is 0 Å². The van der Waals surface area contributed by atoms with Crippen molar-refractivity contribution < 1.29 is 17.7 Å². The third-order valence-corrected chi connectivity index (χ3v) is 5.57. The number of rotatable bonds is 5. The number of H-pyrrole nitrogens is 1. The van der Waals surface area contributed by atoms with Crippen molar-refractivity contribution in [2.75, 3.05) is 0 Å². The van der Waals surface area contributed by atoms with Crippen LogP contribution in [-0.4, -0.2) is 19.7 Å². The highest BCUT2D eigenvalue weighted by molar-refractivity contribution is 5.82. The summed E-state index contributed by atoms with van der Waals surface area (Å²) >= 11 is 0. The van der Waals surface area contributed by atoms with Crippen LogP contribution in [0.4, 0.5) is 13.2 Å². The van der Waals surface area contributed by atoms with Gasteiger partial charge in [-0.1, -0.05) is 47.6 Å². The number of hydrogen-bond acceptors (Lipinski definition) is 5. The van der Waals surface area contributed by atoms with Gasteiger partial charge in [-0.3, -0.25) is 9.36 Å². The van der Waals surface area contributed by atoms with E-state index in [-0.39, 0.29) is 29.3 Å². The second-order valence-electron chi connectivity index (χ2n) is 7.88. The normalized spacial score (nSPS) is 11.7. The average Bonchev–Trinajstić information content (AvgIpc) is 3.34. The van der Waals surface area contributed by atoms with Gasteiger partial charge >= 0.3 is 11.9 Å². The lowest BCUT2D eigenvalue weighted by atomic mass is 10.1. The molecule has 1 N–H and O–H groups in total. The van der Waals surface area contributed by atoms with Crippen LogP contribution < -0.4 is 11.2 Å². The van der Waals surface area contributed by atoms with Crippen LogP contribution >= 0.6 is 0 Å². The Labute approximate surface area is 195 Å². The Morgan fingerprint density at radius 2 is 1.71 bits per heavy atom. The van der Waals surface area contributed by atoms with E-state index in [2.05, 4.69) is 15.1 Å². The fourth-order valence-electron chi connectivity index (χ4n) is 3.77. The van der Waals surface area contributed by atoms with E-state index in [1.165, 1.54) is 24.3 Å². The molecule has 0 fully saturated rings. The number of fused-ring (bicyclic) bond motifs is 1. The van der Waals surface area contributed by atoms with Crippen molar-refractivity contribution in [2.24, 2.45) is 0 Å². The Hall–Kier alpha value is -4.47. The molecule has 5 rings (SSSR count). The molecule has 0 radical (unpaired) electrons. The molecule has 2 heterocycles. The molecule has 0 amide bonds. The predicted molar refractivity (Wildman–Crippen MR) is 123 cm³/mol. The van der Waals surface area contributed by atoms with E-state index >= 15 is 0 Å². The summed E-state index contributed by atoms with van der Waals surface area (Å²) in [5, 5.41) is 4.08. The highest BCUT2D eigenvalue weighted by atomic mass is 19.4. The number of aromatic nitrogens is 4. The fourth-order valence-corrected chi connectivity index (χ4v) is 3.77. The van der Waals surface area contributed by atoms with Crippen molar-refractivity contribution in [3.8, 4) is 22.8 Å². The number of aromatic amines is 1. The molecule has 0 saturated heterocycles. The standard InChI is InChI=1S/C25H17F3N4O3/c26-25(27,28)18-8-4-7-16(13-18)21-30-22(35-31-21)17-9-10-19-20(14-17)29-24(34)32(23(19)33)12-11-15-5-2-1-3-6-15/h1-10,13-14H,11-12H2,(H,29,34). The topological polar surface area (TPSA) is 93.8 Å². The molecule has 0 atom stereocenters. The Morgan fingerprint density at radius 3 is 2.49 bits per heavy atom. The first kappa shape index (κ1) is 22.3. The SMILES string of the molecule is O=c1[nH]c2cc(-c3nc(-c4cccc(C(F)(F)F)c4)no3)ccc2c(=O)n1CCc1ccccc1. The van der Waals surface area contributed by atoms with Crippen molar-refractivity contribution >= 4 is 10.9 Å². The molecule has 35 heavy (non-hydrogen) atoms. The summed E-state index contributed by atoms with van der Waals surface area (Å²) in [5.41, 5.74) is 0.0282. The summed E-state index contributed by atoms with van der Waals surface area (Å²) in [6, 6.07) is 18.7. The molecule has 0 aliphatic carbocycles. The Bertz CT molecular complexity index is 1640. The Kier molecular flexibility index (Phi) is 5.56. The fraction of sp³-hybridized carbons (Fsp3) is 0.120. The van der Waals surface area contributed by atoms with Gasteiger partial charge in [0.05, 0.1) is 16.5 Å². The maximum atomic E-state index is 13.0. The van der Waals surface area contributed by atoms with Gasteiger partial charge in [-0.2, -0.15) is 18.2 Å². The molecule has 2 aromatic heterocycles. The van der Waals surface area contributed by atoms with Gasteiger partial charge < -0.3 is 9.51 Å². The molecule has 0 saturated carbocycles. The number of nitrogens with zero attached hydrogens (tertiary/aromatic N) is 3. The van der Waals surface area contributed by atoms with Crippen molar-refractivity contribution in [3.05, 3.63) is 105 Å². The molecule has 176 valence electrons. The number of hydrogen-bond donors (Lipinski definition) is 1. The van der Waals surface area contributed by atoms with Crippen molar-refractivity contribution in [2.45, 2.75) is 19.1 Å². The lowest BCUT2D eigenvalue weighted by Gasteiger charge is -2.07. The van der Waals surface area contributed by atoms with Crippen LogP contribution in [0.2, 0.25) is 0 Å². The third kappa shape index (κ3) is 4.50. The minimum atomic E-state index is -4.50. The van der Waals surface area contributed by atoms with E-state index in [9.17, 15) is 22.8 Å². The number of alkyl halides is 3. The monoisotopic (exact) mass is 478 g/mol. The maximum Gasteiger partial charge on any atom is 0.416 e. The zero-order chi connectivity index (χ0) is 24.6. The lowest BCUT2D eigenvalue weighted by Crippen LogP contribution is -2.35. The third-order valence-electron chi connectivity index (χ3n) is 5.57. The quantitative estimate of drug-likeness (QED) is 0.396. The summed E-state index contributed by atoms with van der Waals surface area (Å²) in [7, 11) is 0. The second-order valence-corrected chi connectivity index (χ2v) is 7.88. The number of aryl methyl sites for hydroxylation is 1. The van der Waals surface area contributed by atoms with Gasteiger partial charge in [-0.25, -0.2) is 4.79 Å². The second kappa shape index (κ2) is 8.71. The maximum absolute atomic E-state index is 13.0. The van der Waals surface area contributed by atoms with E-state index in [4.69, 9.17) is 4.52 Å². The average molecular weight is 478 g/mol. The highest BCUT2D eigenvalue weighted by Gasteiger charge is 2.30. The molecular formula is C25H17F3N4O3. The summed E-state index contributed by atoms with van der Waals surface area (Å²) in [5.74, 6) is 0.0180. The summed E-state index contributed by atoms with van der Waals surface area (Å²) < 4.78 is 45.4. The van der Waals surface area contributed by atoms with E-state index in [1.54, 1.807) is 6.07 Å². The first-order chi connectivity index (χ1) is 16.8. The van der Waals surface area contributed by atoms with Crippen LogP contribution in [0.15, 0.2) is 86.9 Å². The van der Waals surface area contributed by atoms with Crippen molar-refractivity contribution in [1.82, 2.24) is 19.7 Å². The van der Waals surface area contributed by atoms with E-state index < -0.39 is 23.0 Å². The molecular weight excluding hydrogens is 461 g/mol. The van der Waals surface area contributed by atoms with Crippen LogP contribution in [0.25, 0.3) is 33.7 Å². The Morgan fingerprint density at radius 1 is 0.914 bits per heavy atom. The molecule has 10 heteroatoms. The molecule has 0 bridgehead atoms. The van der Waals surface area contributed by atoms with Gasteiger partial charge in [0.15, 0.2) is 0 Å². The predicted octanol–water partition coefficient (Wildman–Crippen LogP) is 4.67. The zero-order valence-electron chi connectivity index (χ0n) is 18.0. The van der Waals surface area contributed by atoms with Crippen LogP contribution in [0.1, 0.15) is 11.1 Å². The van der Waals surface area contributed by atoms with Crippen LogP contribution in [0, 0.1) is 0 Å². The molecule has 0 aliphatic heterocycles. The van der Waals surface area contributed by atoms with E-state index in [0.29, 0.717) is 17.4 Å². The first-order valence-corrected chi connectivity index (χ1v) is 10.6. The molecule has 0 aliphatic rings. The molecule has 3 aromatic carbocycles. The minimum absolute atomic E-state index is 0.0176. The highest BCUT2D eigenvalue weighted by Crippen LogP contribution is 2.32. The molecule has 0 spiro atoms. The van der Waals surface area contributed by atoms with Gasteiger partial charge in [0.25, 0.3) is 11.4 Å². The van der Waals surface area contributed by atoms with Crippen LogP contribution in [0.5, 0.6) is 0 Å². The molecule has 0 unspecified atom stereocenters. The number of benzene rings is 3. The number of halogens is 3. The van der Waals surface area contributed by atoms with E-state index in [0.717, 1.165) is 22.3 Å². The number of nitrogens with one attached hydrogen (secondary N) is 1. The van der Waals surface area contributed by atoms with Gasteiger partial charge in [-0.15, -0.1) is 0 Å².